The molecule has 1 aromatic carbocycles. The van der Waals surface area contributed by atoms with Crippen LogP contribution in [0.3, 0.4) is 0 Å². The second-order valence-electron chi connectivity index (χ2n) is 5.96. The molecule has 1 spiro atoms. The van der Waals surface area contributed by atoms with Crippen molar-refractivity contribution in [2.45, 2.75) is 37.6 Å². The first kappa shape index (κ1) is 16.8. The van der Waals surface area contributed by atoms with Crippen molar-refractivity contribution in [2.75, 3.05) is 18.5 Å². The van der Waals surface area contributed by atoms with E-state index in [9.17, 15) is 18.4 Å². The van der Waals surface area contributed by atoms with E-state index in [-0.39, 0.29) is 18.3 Å². The molecule has 1 atom stereocenters. The summed E-state index contributed by atoms with van der Waals surface area (Å²) in [6.07, 6.45) is 3.42. The van der Waals surface area contributed by atoms with Crippen LogP contribution in [0, 0.1) is 11.6 Å². The number of halogens is 2. The maximum absolute atomic E-state index is 13.4. The van der Waals surface area contributed by atoms with Crippen LogP contribution in [-0.4, -0.2) is 36.9 Å². The number of ether oxygens (including phenoxy) is 2. The highest BCUT2D eigenvalue weighted by atomic mass is 19.1. The first-order valence-electron chi connectivity index (χ1n) is 7.83. The molecule has 130 valence electrons. The molecule has 0 unspecified atom stereocenters. The van der Waals surface area contributed by atoms with Crippen molar-refractivity contribution in [1.29, 1.82) is 0 Å². The predicted octanol–water partition coefficient (Wildman–Crippen LogP) is 1.71. The van der Waals surface area contributed by atoms with Gasteiger partial charge in [-0.2, -0.15) is 0 Å². The minimum Gasteiger partial charge on any atom is -0.347 e. The normalized spacial score (nSPS) is 21.8. The lowest BCUT2D eigenvalue weighted by atomic mass is 10.2. The molecule has 1 aromatic rings. The first-order chi connectivity index (χ1) is 11.5. The number of benzene rings is 1. The lowest BCUT2D eigenvalue weighted by Crippen LogP contribution is -2.40. The molecule has 2 aliphatic rings. The molecule has 0 aromatic heterocycles. The molecule has 24 heavy (non-hydrogen) atoms. The van der Waals surface area contributed by atoms with Gasteiger partial charge in [-0.3, -0.25) is 9.59 Å². The highest BCUT2D eigenvalue weighted by Crippen LogP contribution is 2.38. The van der Waals surface area contributed by atoms with E-state index in [1.807, 2.05) is 5.32 Å². The van der Waals surface area contributed by atoms with Crippen molar-refractivity contribution < 1.29 is 27.8 Å². The largest absolute Gasteiger partial charge is 0.347 e. The second kappa shape index (κ2) is 6.82. The number of carbonyl (C=O) groups excluding carboxylic acids is 2. The number of hydrogen-bond donors (Lipinski definition) is 2. The third-order valence-electron chi connectivity index (χ3n) is 4.15. The molecule has 1 aliphatic carbocycles. The first-order valence-corrected chi connectivity index (χ1v) is 7.83. The fourth-order valence-electron chi connectivity index (χ4n) is 2.95. The highest BCUT2D eigenvalue weighted by Gasteiger charge is 2.43. The average molecular weight is 340 g/mol. The lowest BCUT2D eigenvalue weighted by molar-refractivity contribution is -0.161. The second-order valence-corrected chi connectivity index (χ2v) is 5.96. The van der Waals surface area contributed by atoms with Crippen LogP contribution in [0.4, 0.5) is 14.5 Å². The van der Waals surface area contributed by atoms with Crippen LogP contribution in [0.5, 0.6) is 0 Å². The Morgan fingerprint density at radius 1 is 1.21 bits per heavy atom. The van der Waals surface area contributed by atoms with Gasteiger partial charge in [0, 0.05) is 25.5 Å². The number of nitrogens with one attached hydrogen (secondary N) is 2. The van der Waals surface area contributed by atoms with E-state index in [4.69, 9.17) is 9.47 Å². The van der Waals surface area contributed by atoms with Crippen molar-refractivity contribution in [1.82, 2.24) is 5.32 Å². The molecule has 8 heteroatoms. The Labute approximate surface area is 137 Å². The van der Waals surface area contributed by atoms with E-state index in [1.54, 1.807) is 0 Å². The molecule has 2 N–H and O–H groups in total. The molecule has 1 saturated carbocycles. The molecular weight excluding hydrogens is 322 g/mol. The molecule has 2 fully saturated rings. The summed E-state index contributed by atoms with van der Waals surface area (Å²) < 4.78 is 38.0. The maximum Gasteiger partial charge on any atom is 0.313 e. The molecule has 6 nitrogen and oxygen atoms in total. The summed E-state index contributed by atoms with van der Waals surface area (Å²) in [5.41, 5.74) is -0.388. The van der Waals surface area contributed by atoms with Crippen molar-refractivity contribution >= 4 is 17.5 Å². The van der Waals surface area contributed by atoms with Crippen LogP contribution < -0.4 is 10.6 Å². The monoisotopic (exact) mass is 340 g/mol. The Balaban J connectivity index is 1.48. The van der Waals surface area contributed by atoms with Crippen molar-refractivity contribution in [2.24, 2.45) is 0 Å². The van der Waals surface area contributed by atoms with Crippen LogP contribution in [-0.2, 0) is 19.1 Å². The zero-order valence-electron chi connectivity index (χ0n) is 12.9. The Bertz CT molecular complexity index is 647. The SMILES string of the molecule is O=C(NC[C@@H]1COC2(CCCC2)O1)C(=O)Nc1cc(F)ccc1F. The van der Waals surface area contributed by atoms with Gasteiger partial charge in [0.15, 0.2) is 5.79 Å². The summed E-state index contributed by atoms with van der Waals surface area (Å²) in [5, 5.41) is 4.45. The number of hydrogen-bond acceptors (Lipinski definition) is 4. The standard InChI is InChI=1S/C16H18F2N2O4/c17-10-3-4-12(18)13(7-10)20-15(22)14(21)19-8-11-9-23-16(24-11)5-1-2-6-16/h3-4,7,11H,1-2,5-6,8-9H2,(H,19,21)(H,20,22)/t11-/m1/s1. The zero-order chi connectivity index (χ0) is 17.2. The molecule has 0 radical (unpaired) electrons. The minimum atomic E-state index is -1.08. The van der Waals surface area contributed by atoms with Crippen LogP contribution in [0.25, 0.3) is 0 Å². The van der Waals surface area contributed by atoms with Gasteiger partial charge in [0.1, 0.15) is 17.7 Å². The molecule has 1 saturated heterocycles. The lowest BCUT2D eigenvalue weighted by Gasteiger charge is -2.21. The van der Waals surface area contributed by atoms with E-state index in [1.165, 1.54) is 0 Å². The van der Waals surface area contributed by atoms with Gasteiger partial charge in [-0.15, -0.1) is 0 Å². The predicted molar refractivity (Wildman–Crippen MR) is 80.0 cm³/mol. The third kappa shape index (κ3) is 3.70. The van der Waals surface area contributed by atoms with Crippen molar-refractivity contribution in [3.05, 3.63) is 29.8 Å². The summed E-state index contributed by atoms with van der Waals surface area (Å²) >= 11 is 0. The summed E-state index contributed by atoms with van der Waals surface area (Å²) in [6.45, 7) is 0.458. The molecule has 1 aliphatic heterocycles. The Kier molecular flexibility index (Phi) is 4.77. The van der Waals surface area contributed by atoms with Crippen LogP contribution >= 0.6 is 0 Å². The van der Waals surface area contributed by atoms with Gasteiger partial charge in [-0.05, 0) is 25.0 Å². The maximum atomic E-state index is 13.4. The molecule has 3 rings (SSSR count). The highest BCUT2D eigenvalue weighted by molar-refractivity contribution is 6.39. The topological polar surface area (TPSA) is 76.7 Å². The Morgan fingerprint density at radius 2 is 1.96 bits per heavy atom. The van der Waals surface area contributed by atoms with E-state index in [2.05, 4.69) is 5.32 Å². The number of rotatable bonds is 3. The summed E-state index contributed by atoms with van der Waals surface area (Å²) in [5.74, 6) is -4.11. The number of carbonyl (C=O) groups is 2. The molecular formula is C16H18F2N2O4. The Hall–Kier alpha value is -2.06. The summed E-state index contributed by atoms with van der Waals surface area (Å²) in [7, 11) is 0. The van der Waals surface area contributed by atoms with E-state index >= 15 is 0 Å². The Morgan fingerprint density at radius 3 is 2.71 bits per heavy atom. The zero-order valence-corrected chi connectivity index (χ0v) is 12.9. The van der Waals surface area contributed by atoms with Crippen molar-refractivity contribution in [3.63, 3.8) is 0 Å². The number of anilines is 1. The van der Waals surface area contributed by atoms with E-state index < -0.39 is 29.2 Å². The van der Waals surface area contributed by atoms with E-state index in [0.29, 0.717) is 6.61 Å². The smallest absolute Gasteiger partial charge is 0.313 e. The fraction of sp³-hybridized carbons (Fsp3) is 0.500. The third-order valence-corrected chi connectivity index (χ3v) is 4.15. The van der Waals surface area contributed by atoms with Crippen LogP contribution in [0.1, 0.15) is 25.7 Å². The summed E-state index contributed by atoms with van der Waals surface area (Å²) in [4.78, 5) is 23.5. The van der Waals surface area contributed by atoms with Gasteiger partial charge < -0.3 is 20.1 Å². The quantitative estimate of drug-likeness (QED) is 0.821. The van der Waals surface area contributed by atoms with Crippen LogP contribution in [0.15, 0.2) is 18.2 Å². The average Bonchev–Trinajstić information content (AvgIpc) is 3.18. The van der Waals surface area contributed by atoms with Gasteiger partial charge in [-0.25, -0.2) is 8.78 Å². The van der Waals surface area contributed by atoms with Gasteiger partial charge >= 0.3 is 11.8 Å². The summed E-state index contributed by atoms with van der Waals surface area (Å²) in [6, 6.07) is 2.59. The molecule has 0 bridgehead atoms. The fourth-order valence-corrected chi connectivity index (χ4v) is 2.95. The van der Waals surface area contributed by atoms with Crippen LogP contribution in [0.2, 0.25) is 0 Å². The van der Waals surface area contributed by atoms with Crippen molar-refractivity contribution in [3.8, 4) is 0 Å². The van der Waals surface area contributed by atoms with Gasteiger partial charge in [-0.1, -0.05) is 0 Å². The minimum absolute atomic E-state index is 0.111. The number of amides is 2. The van der Waals surface area contributed by atoms with Gasteiger partial charge in [0.05, 0.1) is 12.3 Å². The molecule has 2 amide bonds. The van der Waals surface area contributed by atoms with E-state index in [0.717, 1.165) is 43.9 Å². The molecule has 1 heterocycles. The van der Waals surface area contributed by atoms with Gasteiger partial charge in [0.25, 0.3) is 0 Å². The van der Waals surface area contributed by atoms with Gasteiger partial charge in [0.2, 0.25) is 0 Å².